The molecule has 3 nitrogen and oxygen atoms in total. The van der Waals surface area contributed by atoms with E-state index in [9.17, 15) is 0 Å². The molecule has 0 atom stereocenters. The van der Waals surface area contributed by atoms with Gasteiger partial charge in [-0.05, 0) is 66.3 Å². The molecule has 2 fully saturated rings. The molecule has 0 aromatic heterocycles. The van der Waals surface area contributed by atoms with Gasteiger partial charge in [0.15, 0.2) is 0 Å². The van der Waals surface area contributed by atoms with Crippen LogP contribution in [0.4, 0.5) is 0 Å². The van der Waals surface area contributed by atoms with Crippen molar-refractivity contribution in [3.63, 3.8) is 0 Å². The van der Waals surface area contributed by atoms with Crippen LogP contribution in [0.5, 0.6) is 0 Å². The third-order valence-electron chi connectivity index (χ3n) is 4.50. The largest absolute Gasteiger partial charge is 0.306 e. The Balaban J connectivity index is 1.82. The normalized spacial score (nSPS) is 27.5. The Bertz CT molecular complexity index is 222. The maximum Gasteiger partial charge on any atom is 0.0120 e. The van der Waals surface area contributed by atoms with E-state index in [1.165, 1.54) is 58.5 Å². The minimum atomic E-state index is 0.715. The predicted molar refractivity (Wildman–Crippen MR) is 73.4 cm³/mol. The van der Waals surface area contributed by atoms with Crippen LogP contribution in [0, 0.1) is 0 Å². The average molecular weight is 239 g/mol. The van der Waals surface area contributed by atoms with Crippen LogP contribution in [0.25, 0.3) is 0 Å². The van der Waals surface area contributed by atoms with E-state index < -0.39 is 0 Å². The van der Waals surface area contributed by atoms with E-state index in [1.807, 2.05) is 0 Å². The van der Waals surface area contributed by atoms with E-state index in [0.717, 1.165) is 6.04 Å². The predicted octanol–water partition coefficient (Wildman–Crippen LogP) is 1.50. The lowest BCUT2D eigenvalue weighted by molar-refractivity contribution is 0.121. The monoisotopic (exact) mass is 239 g/mol. The molecule has 0 amide bonds. The summed E-state index contributed by atoms with van der Waals surface area (Å²) in [5, 5.41) is 0. The van der Waals surface area contributed by atoms with Crippen molar-refractivity contribution >= 4 is 0 Å². The highest BCUT2D eigenvalue weighted by Gasteiger charge is 2.25. The van der Waals surface area contributed by atoms with Gasteiger partial charge in [-0.2, -0.15) is 0 Å². The van der Waals surface area contributed by atoms with Crippen LogP contribution in [-0.2, 0) is 0 Å². The second kappa shape index (κ2) is 6.17. The van der Waals surface area contributed by atoms with Crippen molar-refractivity contribution < 1.29 is 0 Å². The molecule has 2 heterocycles. The van der Waals surface area contributed by atoms with Gasteiger partial charge in [-0.15, -0.1) is 0 Å². The fourth-order valence-corrected chi connectivity index (χ4v) is 3.20. The van der Waals surface area contributed by atoms with Gasteiger partial charge >= 0.3 is 0 Å². The first-order valence-electron chi connectivity index (χ1n) is 7.33. The molecule has 0 N–H and O–H groups in total. The summed E-state index contributed by atoms with van der Waals surface area (Å²) in [4.78, 5) is 7.86. The number of rotatable bonds is 2. The molecule has 2 saturated heterocycles. The quantitative estimate of drug-likeness (QED) is 0.723. The molecule has 2 rings (SSSR count). The van der Waals surface area contributed by atoms with E-state index in [0.29, 0.717) is 6.04 Å². The minimum absolute atomic E-state index is 0.715. The average Bonchev–Trinajstić information content (AvgIpc) is 2.55. The maximum absolute atomic E-state index is 2.76. The first-order chi connectivity index (χ1) is 8.16. The van der Waals surface area contributed by atoms with Crippen molar-refractivity contribution in [1.29, 1.82) is 0 Å². The Morgan fingerprint density at radius 1 is 0.882 bits per heavy atom. The van der Waals surface area contributed by atoms with Crippen molar-refractivity contribution in [3.05, 3.63) is 0 Å². The number of hydrogen-bond donors (Lipinski definition) is 0. The highest BCUT2D eigenvalue weighted by molar-refractivity contribution is 4.81. The number of hydrogen-bond acceptors (Lipinski definition) is 3. The van der Waals surface area contributed by atoms with E-state index in [1.54, 1.807) is 0 Å². The van der Waals surface area contributed by atoms with Crippen LogP contribution >= 0.6 is 0 Å². The van der Waals surface area contributed by atoms with Gasteiger partial charge in [-0.25, -0.2) is 0 Å². The van der Waals surface area contributed by atoms with Crippen molar-refractivity contribution in [1.82, 2.24) is 14.7 Å². The van der Waals surface area contributed by atoms with Crippen LogP contribution in [0.1, 0.15) is 33.1 Å². The van der Waals surface area contributed by atoms with Crippen LogP contribution in [-0.4, -0.2) is 73.1 Å². The molecule has 0 unspecified atom stereocenters. The zero-order chi connectivity index (χ0) is 12.3. The summed E-state index contributed by atoms with van der Waals surface area (Å²) in [7, 11) is 2.25. The Kier molecular flexibility index (Phi) is 4.83. The van der Waals surface area contributed by atoms with Gasteiger partial charge in [-0.3, -0.25) is 9.80 Å². The van der Waals surface area contributed by atoms with Gasteiger partial charge in [0.1, 0.15) is 0 Å². The third-order valence-corrected chi connectivity index (χ3v) is 4.50. The molecule has 2 aliphatic rings. The molecule has 0 radical (unpaired) electrons. The van der Waals surface area contributed by atoms with Crippen molar-refractivity contribution in [2.75, 3.05) is 46.3 Å². The minimum Gasteiger partial charge on any atom is -0.306 e. The molecule has 0 bridgehead atoms. The van der Waals surface area contributed by atoms with Crippen molar-refractivity contribution in [2.24, 2.45) is 0 Å². The first-order valence-corrected chi connectivity index (χ1v) is 7.33. The second-order valence-corrected chi connectivity index (χ2v) is 6.05. The van der Waals surface area contributed by atoms with Crippen LogP contribution < -0.4 is 0 Å². The maximum atomic E-state index is 2.76. The summed E-state index contributed by atoms with van der Waals surface area (Å²) in [6.45, 7) is 12.4. The fraction of sp³-hybridized carbons (Fsp3) is 1.00. The second-order valence-electron chi connectivity index (χ2n) is 6.05. The van der Waals surface area contributed by atoms with E-state index in [-0.39, 0.29) is 0 Å². The Morgan fingerprint density at radius 3 is 2.24 bits per heavy atom. The Morgan fingerprint density at radius 2 is 1.59 bits per heavy atom. The number of piperidine rings is 1. The molecule has 17 heavy (non-hydrogen) atoms. The lowest BCUT2D eigenvalue weighted by Gasteiger charge is -2.36. The van der Waals surface area contributed by atoms with Gasteiger partial charge in [0, 0.05) is 25.2 Å². The van der Waals surface area contributed by atoms with E-state index in [4.69, 9.17) is 0 Å². The van der Waals surface area contributed by atoms with Gasteiger partial charge < -0.3 is 4.90 Å². The summed E-state index contributed by atoms with van der Waals surface area (Å²) >= 11 is 0. The van der Waals surface area contributed by atoms with Crippen LogP contribution in [0.15, 0.2) is 0 Å². The van der Waals surface area contributed by atoms with Gasteiger partial charge in [0.25, 0.3) is 0 Å². The molecule has 0 saturated carbocycles. The van der Waals surface area contributed by atoms with E-state index >= 15 is 0 Å². The summed E-state index contributed by atoms with van der Waals surface area (Å²) in [5.74, 6) is 0. The standard InChI is InChI=1S/C14H29N3/c1-13(2)16-7-4-8-17(12-11-16)14-5-9-15(3)10-6-14/h13-14H,4-12H2,1-3H3. The zero-order valence-corrected chi connectivity index (χ0v) is 11.9. The molecule has 0 aromatic carbocycles. The molecular formula is C14H29N3. The summed E-state index contributed by atoms with van der Waals surface area (Å²) in [6.07, 6.45) is 4.10. The summed E-state index contributed by atoms with van der Waals surface area (Å²) < 4.78 is 0. The lowest BCUT2D eigenvalue weighted by Crippen LogP contribution is -2.45. The molecule has 0 aromatic rings. The van der Waals surface area contributed by atoms with E-state index in [2.05, 4.69) is 35.6 Å². The molecule has 100 valence electrons. The molecule has 0 spiro atoms. The number of likely N-dealkylation sites (tertiary alicyclic amines) is 1. The smallest absolute Gasteiger partial charge is 0.0120 e. The first kappa shape index (κ1) is 13.3. The fourth-order valence-electron chi connectivity index (χ4n) is 3.20. The molecule has 3 heteroatoms. The molecule has 0 aliphatic carbocycles. The Hall–Kier alpha value is -0.120. The van der Waals surface area contributed by atoms with Gasteiger partial charge in [0.05, 0.1) is 0 Å². The van der Waals surface area contributed by atoms with Gasteiger partial charge in [0.2, 0.25) is 0 Å². The van der Waals surface area contributed by atoms with Crippen LogP contribution in [0.3, 0.4) is 0 Å². The summed E-state index contributed by atoms with van der Waals surface area (Å²) in [6, 6.07) is 1.57. The highest BCUT2D eigenvalue weighted by Crippen LogP contribution is 2.18. The molecule has 2 aliphatic heterocycles. The Labute approximate surface area is 107 Å². The SMILES string of the molecule is CC(C)N1CCCN(C2CCN(C)CC2)CC1. The zero-order valence-electron chi connectivity index (χ0n) is 11.9. The molecular weight excluding hydrogens is 210 g/mol. The van der Waals surface area contributed by atoms with Crippen molar-refractivity contribution in [3.8, 4) is 0 Å². The van der Waals surface area contributed by atoms with Crippen LogP contribution in [0.2, 0.25) is 0 Å². The summed E-state index contributed by atoms with van der Waals surface area (Å²) in [5.41, 5.74) is 0. The van der Waals surface area contributed by atoms with Crippen molar-refractivity contribution in [2.45, 2.75) is 45.2 Å². The topological polar surface area (TPSA) is 9.72 Å². The lowest BCUT2D eigenvalue weighted by atomic mass is 10.0. The van der Waals surface area contributed by atoms with Gasteiger partial charge in [-0.1, -0.05) is 0 Å². The number of nitrogens with zero attached hydrogens (tertiary/aromatic N) is 3. The highest BCUT2D eigenvalue weighted by atomic mass is 15.3. The third kappa shape index (κ3) is 3.67.